The number of benzene rings is 1. The van der Waals surface area contributed by atoms with Gasteiger partial charge in [0.15, 0.2) is 0 Å². The van der Waals surface area contributed by atoms with E-state index in [9.17, 15) is 9.59 Å². The molecule has 0 aliphatic carbocycles. The van der Waals surface area contributed by atoms with E-state index in [2.05, 4.69) is 27.7 Å². The maximum Gasteiger partial charge on any atom is 0.237 e. The second-order valence-corrected chi connectivity index (χ2v) is 6.39. The maximum absolute atomic E-state index is 12.3. The standard InChI is InChI=1S/C18H26N4O2/c23-17(8-10-20-18(24)16-7-4-9-19-16)22-13-11-21(12-14-22)15-5-2-1-3-6-15/h1-3,5-6,16,19H,4,7-14H2,(H,20,24)/t16-/m0/s1. The Balaban J connectivity index is 1.37. The van der Waals surface area contributed by atoms with Crippen molar-refractivity contribution in [3.8, 4) is 0 Å². The van der Waals surface area contributed by atoms with Gasteiger partial charge in [0.25, 0.3) is 0 Å². The third-order valence-corrected chi connectivity index (χ3v) is 4.77. The fourth-order valence-electron chi connectivity index (χ4n) is 3.34. The number of carbonyl (C=O) groups excluding carboxylic acids is 2. The van der Waals surface area contributed by atoms with Crippen molar-refractivity contribution in [2.45, 2.75) is 25.3 Å². The van der Waals surface area contributed by atoms with E-state index in [1.54, 1.807) is 0 Å². The van der Waals surface area contributed by atoms with E-state index in [4.69, 9.17) is 0 Å². The molecule has 0 unspecified atom stereocenters. The van der Waals surface area contributed by atoms with Gasteiger partial charge in [-0.05, 0) is 31.5 Å². The molecule has 6 nitrogen and oxygen atoms in total. The minimum Gasteiger partial charge on any atom is -0.368 e. The summed E-state index contributed by atoms with van der Waals surface area (Å²) in [4.78, 5) is 28.4. The smallest absolute Gasteiger partial charge is 0.237 e. The molecule has 0 saturated carbocycles. The van der Waals surface area contributed by atoms with Crippen molar-refractivity contribution in [1.29, 1.82) is 0 Å². The Morgan fingerprint density at radius 1 is 1.12 bits per heavy atom. The van der Waals surface area contributed by atoms with Crippen LogP contribution >= 0.6 is 0 Å². The predicted octanol–water partition coefficient (Wildman–Crippen LogP) is 0.594. The molecule has 2 aliphatic heterocycles. The highest BCUT2D eigenvalue weighted by Crippen LogP contribution is 2.15. The number of para-hydroxylation sites is 1. The fraction of sp³-hybridized carbons (Fsp3) is 0.556. The average Bonchev–Trinajstić information content (AvgIpc) is 3.17. The van der Waals surface area contributed by atoms with Crippen LogP contribution in [0.2, 0.25) is 0 Å². The lowest BCUT2D eigenvalue weighted by Crippen LogP contribution is -2.49. The molecule has 2 aliphatic rings. The summed E-state index contributed by atoms with van der Waals surface area (Å²) in [6.45, 7) is 4.53. The minimum atomic E-state index is -0.0745. The summed E-state index contributed by atoms with van der Waals surface area (Å²) in [5.41, 5.74) is 1.21. The number of hydrogen-bond donors (Lipinski definition) is 2. The summed E-state index contributed by atoms with van der Waals surface area (Å²) >= 11 is 0. The molecule has 1 aromatic carbocycles. The van der Waals surface area contributed by atoms with E-state index >= 15 is 0 Å². The second-order valence-electron chi connectivity index (χ2n) is 6.39. The number of anilines is 1. The lowest BCUT2D eigenvalue weighted by molar-refractivity contribution is -0.131. The van der Waals surface area contributed by atoms with Crippen molar-refractivity contribution in [2.75, 3.05) is 44.2 Å². The Labute approximate surface area is 143 Å². The Morgan fingerprint density at radius 3 is 2.54 bits per heavy atom. The number of amides is 2. The van der Waals surface area contributed by atoms with Crippen molar-refractivity contribution in [1.82, 2.24) is 15.5 Å². The first-order chi connectivity index (χ1) is 11.7. The van der Waals surface area contributed by atoms with Gasteiger partial charge in [0.05, 0.1) is 6.04 Å². The van der Waals surface area contributed by atoms with Crippen LogP contribution in [0, 0.1) is 0 Å². The molecule has 0 bridgehead atoms. The zero-order valence-electron chi connectivity index (χ0n) is 14.0. The maximum atomic E-state index is 12.3. The van der Waals surface area contributed by atoms with E-state index in [1.165, 1.54) is 5.69 Å². The van der Waals surface area contributed by atoms with Crippen LogP contribution in [0.15, 0.2) is 30.3 Å². The molecule has 130 valence electrons. The lowest BCUT2D eigenvalue weighted by Gasteiger charge is -2.36. The SMILES string of the molecule is O=C(NCCC(=O)N1CCN(c2ccccc2)CC1)[C@@H]1CCCN1. The summed E-state index contributed by atoms with van der Waals surface area (Å²) in [5.74, 6) is 0.150. The summed E-state index contributed by atoms with van der Waals surface area (Å²) in [5, 5.41) is 6.04. The van der Waals surface area contributed by atoms with Gasteiger partial charge in [-0.1, -0.05) is 18.2 Å². The quantitative estimate of drug-likeness (QED) is 0.830. The van der Waals surface area contributed by atoms with Gasteiger partial charge < -0.3 is 20.4 Å². The first-order valence-electron chi connectivity index (χ1n) is 8.83. The topological polar surface area (TPSA) is 64.7 Å². The Morgan fingerprint density at radius 2 is 1.88 bits per heavy atom. The molecule has 2 fully saturated rings. The van der Waals surface area contributed by atoms with Crippen LogP contribution in [-0.2, 0) is 9.59 Å². The van der Waals surface area contributed by atoms with Crippen LogP contribution in [0.5, 0.6) is 0 Å². The summed E-state index contributed by atoms with van der Waals surface area (Å²) < 4.78 is 0. The van der Waals surface area contributed by atoms with Crippen molar-refractivity contribution in [3.05, 3.63) is 30.3 Å². The van der Waals surface area contributed by atoms with Gasteiger partial charge in [-0.3, -0.25) is 9.59 Å². The van der Waals surface area contributed by atoms with Crippen LogP contribution in [0.4, 0.5) is 5.69 Å². The van der Waals surface area contributed by atoms with Crippen molar-refractivity contribution in [3.63, 3.8) is 0 Å². The Kier molecular flexibility index (Phi) is 5.69. The Bertz CT molecular complexity index is 549. The number of rotatable bonds is 5. The Hall–Kier alpha value is -2.08. The molecular weight excluding hydrogens is 304 g/mol. The van der Waals surface area contributed by atoms with E-state index < -0.39 is 0 Å². The third kappa shape index (κ3) is 4.26. The predicted molar refractivity (Wildman–Crippen MR) is 93.9 cm³/mol. The van der Waals surface area contributed by atoms with Gasteiger partial charge >= 0.3 is 0 Å². The number of nitrogens with one attached hydrogen (secondary N) is 2. The molecular formula is C18H26N4O2. The molecule has 0 radical (unpaired) electrons. The summed E-state index contributed by atoms with van der Waals surface area (Å²) in [6.07, 6.45) is 2.31. The van der Waals surface area contributed by atoms with Crippen molar-refractivity contribution in [2.24, 2.45) is 0 Å². The molecule has 2 amide bonds. The summed E-state index contributed by atoms with van der Waals surface area (Å²) in [7, 11) is 0. The summed E-state index contributed by atoms with van der Waals surface area (Å²) in [6, 6.07) is 10.2. The van der Waals surface area contributed by atoms with Gasteiger partial charge in [0.1, 0.15) is 0 Å². The molecule has 6 heteroatoms. The fourth-order valence-corrected chi connectivity index (χ4v) is 3.34. The van der Waals surface area contributed by atoms with Crippen LogP contribution in [0.25, 0.3) is 0 Å². The number of piperazine rings is 1. The highest BCUT2D eigenvalue weighted by atomic mass is 16.2. The molecule has 2 saturated heterocycles. The van der Waals surface area contributed by atoms with Crippen LogP contribution in [0.3, 0.4) is 0 Å². The van der Waals surface area contributed by atoms with Crippen molar-refractivity contribution >= 4 is 17.5 Å². The molecule has 2 heterocycles. The minimum absolute atomic E-state index is 0.0224. The molecule has 24 heavy (non-hydrogen) atoms. The first kappa shape index (κ1) is 16.8. The molecule has 2 N–H and O–H groups in total. The van der Waals surface area contributed by atoms with Crippen LogP contribution in [0.1, 0.15) is 19.3 Å². The van der Waals surface area contributed by atoms with E-state index in [0.29, 0.717) is 13.0 Å². The van der Waals surface area contributed by atoms with Crippen molar-refractivity contribution < 1.29 is 9.59 Å². The number of carbonyl (C=O) groups is 2. The third-order valence-electron chi connectivity index (χ3n) is 4.77. The zero-order chi connectivity index (χ0) is 16.8. The number of nitrogens with zero attached hydrogens (tertiary/aromatic N) is 2. The number of hydrogen-bond acceptors (Lipinski definition) is 4. The normalized spacial score (nSPS) is 20.9. The zero-order valence-corrected chi connectivity index (χ0v) is 14.0. The molecule has 0 aromatic heterocycles. The van der Waals surface area contributed by atoms with Crippen LogP contribution < -0.4 is 15.5 Å². The van der Waals surface area contributed by atoms with Gasteiger partial charge in [-0.2, -0.15) is 0 Å². The van der Waals surface area contributed by atoms with E-state index in [0.717, 1.165) is 45.6 Å². The van der Waals surface area contributed by atoms with Gasteiger partial charge in [0.2, 0.25) is 11.8 Å². The molecule has 1 aromatic rings. The average molecular weight is 330 g/mol. The van der Waals surface area contributed by atoms with Crippen LogP contribution in [-0.4, -0.2) is 62.0 Å². The lowest BCUT2D eigenvalue weighted by atomic mass is 10.2. The van der Waals surface area contributed by atoms with Gasteiger partial charge in [-0.25, -0.2) is 0 Å². The molecule has 0 spiro atoms. The highest BCUT2D eigenvalue weighted by Gasteiger charge is 2.23. The second kappa shape index (κ2) is 8.15. The highest BCUT2D eigenvalue weighted by molar-refractivity contribution is 5.83. The van der Waals surface area contributed by atoms with E-state index in [1.807, 2.05) is 23.1 Å². The molecule has 3 rings (SSSR count). The monoisotopic (exact) mass is 330 g/mol. The van der Waals surface area contributed by atoms with E-state index in [-0.39, 0.29) is 17.9 Å². The largest absolute Gasteiger partial charge is 0.368 e. The van der Waals surface area contributed by atoms with Gasteiger partial charge in [0, 0.05) is 44.8 Å². The van der Waals surface area contributed by atoms with Gasteiger partial charge in [-0.15, -0.1) is 0 Å². The molecule has 1 atom stereocenters. The first-order valence-corrected chi connectivity index (χ1v) is 8.83.